The maximum Gasteiger partial charge on any atom is 0.275 e. The molecule has 0 saturated carbocycles. The van der Waals surface area contributed by atoms with Crippen LogP contribution in [0.5, 0.6) is 0 Å². The monoisotopic (exact) mass is 351 g/mol. The van der Waals surface area contributed by atoms with Crippen LogP contribution in [0.2, 0.25) is 0 Å². The van der Waals surface area contributed by atoms with Crippen molar-refractivity contribution in [2.24, 2.45) is 0 Å². The summed E-state index contributed by atoms with van der Waals surface area (Å²) >= 11 is 1.21. The molecular formula is C19H17N3O2S. The molecule has 0 aliphatic rings. The van der Waals surface area contributed by atoms with Gasteiger partial charge in [0.1, 0.15) is 5.69 Å². The van der Waals surface area contributed by atoms with Gasteiger partial charge in [-0.15, -0.1) is 11.3 Å². The van der Waals surface area contributed by atoms with Gasteiger partial charge in [0.05, 0.1) is 0 Å². The molecule has 3 aromatic rings. The summed E-state index contributed by atoms with van der Waals surface area (Å²) in [5.41, 5.74) is 3.80. The van der Waals surface area contributed by atoms with Crippen molar-refractivity contribution in [1.82, 2.24) is 4.98 Å². The number of hydrogen-bond acceptors (Lipinski definition) is 4. The fourth-order valence-corrected chi connectivity index (χ4v) is 2.89. The number of thiazole rings is 1. The number of hydrogen-bond donors (Lipinski definition) is 2. The van der Waals surface area contributed by atoms with Gasteiger partial charge >= 0.3 is 0 Å². The maximum atomic E-state index is 12.3. The summed E-state index contributed by atoms with van der Waals surface area (Å²) in [4.78, 5) is 28.6. The number of aromatic nitrogens is 1. The number of carbonyl (C=O) groups excluding carboxylic acids is 2. The number of nitrogens with zero attached hydrogens (tertiary/aromatic N) is 1. The van der Waals surface area contributed by atoms with Gasteiger partial charge in [-0.25, -0.2) is 4.98 Å². The highest BCUT2D eigenvalue weighted by atomic mass is 32.1. The molecular weight excluding hydrogens is 334 g/mol. The maximum absolute atomic E-state index is 12.3. The fraction of sp³-hybridized carbons (Fsp3) is 0.105. The largest absolute Gasteiger partial charge is 0.321 e. The highest BCUT2D eigenvalue weighted by Gasteiger charge is 2.13. The average Bonchev–Trinajstić information content (AvgIpc) is 3.07. The summed E-state index contributed by atoms with van der Waals surface area (Å²) in [5, 5.41) is 7.53. The Morgan fingerprint density at radius 3 is 2.40 bits per heavy atom. The van der Waals surface area contributed by atoms with Gasteiger partial charge in [-0.2, -0.15) is 0 Å². The predicted molar refractivity (Wildman–Crippen MR) is 100 cm³/mol. The molecule has 0 atom stereocenters. The van der Waals surface area contributed by atoms with E-state index >= 15 is 0 Å². The molecule has 3 rings (SSSR count). The normalized spacial score (nSPS) is 10.3. The molecule has 0 unspecified atom stereocenters. The summed E-state index contributed by atoms with van der Waals surface area (Å²) in [5.74, 6) is -0.559. The van der Waals surface area contributed by atoms with Crippen LogP contribution in [0.25, 0.3) is 0 Å². The molecule has 25 heavy (non-hydrogen) atoms. The minimum absolute atomic E-state index is 0.254. The first-order chi connectivity index (χ1) is 12.0. The Morgan fingerprint density at radius 2 is 1.68 bits per heavy atom. The first kappa shape index (κ1) is 16.9. The Labute approximate surface area is 149 Å². The van der Waals surface area contributed by atoms with E-state index in [0.717, 1.165) is 16.8 Å². The molecule has 0 saturated heterocycles. The lowest BCUT2D eigenvalue weighted by molar-refractivity contribution is 0.101. The highest BCUT2D eigenvalue weighted by molar-refractivity contribution is 7.14. The SMILES string of the molecule is Cc1ccc(NC(=O)c2csc(NC(=O)c3ccccc3)n2)cc1C. The number of benzene rings is 2. The fourth-order valence-electron chi connectivity index (χ4n) is 2.21. The Hall–Kier alpha value is -2.99. The first-order valence-electron chi connectivity index (χ1n) is 7.73. The zero-order valence-corrected chi connectivity index (χ0v) is 14.7. The summed E-state index contributed by atoms with van der Waals surface area (Å²) in [6, 6.07) is 14.6. The molecule has 0 aliphatic carbocycles. The van der Waals surface area contributed by atoms with E-state index in [9.17, 15) is 9.59 Å². The number of nitrogens with one attached hydrogen (secondary N) is 2. The number of rotatable bonds is 4. The molecule has 126 valence electrons. The second kappa shape index (κ2) is 7.27. The molecule has 0 bridgehead atoms. The summed E-state index contributed by atoms with van der Waals surface area (Å²) < 4.78 is 0. The van der Waals surface area contributed by atoms with Crippen molar-refractivity contribution in [2.45, 2.75) is 13.8 Å². The minimum Gasteiger partial charge on any atom is -0.321 e. The van der Waals surface area contributed by atoms with Crippen molar-refractivity contribution in [3.63, 3.8) is 0 Å². The van der Waals surface area contributed by atoms with Crippen LogP contribution in [-0.4, -0.2) is 16.8 Å². The molecule has 2 amide bonds. The van der Waals surface area contributed by atoms with Crippen LogP contribution in [0.3, 0.4) is 0 Å². The zero-order chi connectivity index (χ0) is 17.8. The van der Waals surface area contributed by atoms with Gasteiger partial charge < -0.3 is 5.32 Å². The van der Waals surface area contributed by atoms with Crippen molar-refractivity contribution in [3.8, 4) is 0 Å². The number of aryl methyl sites for hydroxylation is 2. The minimum atomic E-state index is -0.306. The van der Waals surface area contributed by atoms with Gasteiger partial charge in [-0.05, 0) is 49.2 Å². The Bertz CT molecular complexity index is 919. The molecule has 0 radical (unpaired) electrons. The first-order valence-corrected chi connectivity index (χ1v) is 8.61. The lowest BCUT2D eigenvalue weighted by atomic mass is 10.1. The Kier molecular flexibility index (Phi) is 4.90. The van der Waals surface area contributed by atoms with Crippen molar-refractivity contribution in [1.29, 1.82) is 0 Å². The van der Waals surface area contributed by atoms with Gasteiger partial charge in [0.15, 0.2) is 5.13 Å². The van der Waals surface area contributed by atoms with Crippen LogP contribution in [0, 0.1) is 13.8 Å². The van der Waals surface area contributed by atoms with Crippen LogP contribution < -0.4 is 10.6 Å². The van der Waals surface area contributed by atoms with Crippen LogP contribution in [0.1, 0.15) is 32.0 Å². The van der Waals surface area contributed by atoms with E-state index in [-0.39, 0.29) is 17.5 Å². The van der Waals surface area contributed by atoms with Gasteiger partial charge in [0, 0.05) is 16.6 Å². The van der Waals surface area contributed by atoms with E-state index in [2.05, 4.69) is 15.6 Å². The van der Waals surface area contributed by atoms with Crippen LogP contribution in [0.15, 0.2) is 53.9 Å². The van der Waals surface area contributed by atoms with E-state index in [1.807, 2.05) is 38.1 Å². The molecule has 2 N–H and O–H groups in total. The third-order valence-corrected chi connectivity index (χ3v) is 4.52. The molecule has 0 fully saturated rings. The zero-order valence-electron chi connectivity index (χ0n) is 13.9. The topological polar surface area (TPSA) is 71.1 Å². The molecule has 5 nitrogen and oxygen atoms in total. The van der Waals surface area contributed by atoms with E-state index in [0.29, 0.717) is 10.7 Å². The lowest BCUT2D eigenvalue weighted by Gasteiger charge is -2.06. The van der Waals surface area contributed by atoms with E-state index in [4.69, 9.17) is 0 Å². The molecule has 0 spiro atoms. The standard InChI is InChI=1S/C19H17N3O2S/c1-12-8-9-15(10-13(12)2)20-18(24)16-11-25-19(21-16)22-17(23)14-6-4-3-5-7-14/h3-11H,1-2H3,(H,20,24)(H,21,22,23). The number of amides is 2. The van der Waals surface area contributed by atoms with Crippen molar-refractivity contribution in [3.05, 3.63) is 76.3 Å². The van der Waals surface area contributed by atoms with Gasteiger partial charge in [0.25, 0.3) is 11.8 Å². The second-order valence-electron chi connectivity index (χ2n) is 5.61. The van der Waals surface area contributed by atoms with Crippen LogP contribution >= 0.6 is 11.3 Å². The van der Waals surface area contributed by atoms with Crippen LogP contribution in [-0.2, 0) is 0 Å². The number of carbonyl (C=O) groups is 2. The molecule has 6 heteroatoms. The average molecular weight is 351 g/mol. The smallest absolute Gasteiger partial charge is 0.275 e. The van der Waals surface area contributed by atoms with Crippen molar-refractivity contribution < 1.29 is 9.59 Å². The van der Waals surface area contributed by atoms with Gasteiger partial charge in [0.2, 0.25) is 0 Å². The summed E-state index contributed by atoms with van der Waals surface area (Å²) in [7, 11) is 0. The Morgan fingerprint density at radius 1 is 0.920 bits per heavy atom. The third kappa shape index (κ3) is 4.10. The van der Waals surface area contributed by atoms with E-state index in [1.54, 1.807) is 29.6 Å². The van der Waals surface area contributed by atoms with E-state index in [1.165, 1.54) is 11.3 Å². The van der Waals surface area contributed by atoms with E-state index < -0.39 is 0 Å². The molecule has 2 aromatic carbocycles. The molecule has 0 aliphatic heterocycles. The van der Waals surface area contributed by atoms with Crippen molar-refractivity contribution >= 4 is 34.0 Å². The summed E-state index contributed by atoms with van der Waals surface area (Å²) in [6.07, 6.45) is 0. The molecule has 1 aromatic heterocycles. The quantitative estimate of drug-likeness (QED) is 0.737. The van der Waals surface area contributed by atoms with Crippen molar-refractivity contribution in [2.75, 3.05) is 10.6 Å². The summed E-state index contributed by atoms with van der Waals surface area (Å²) in [6.45, 7) is 4.01. The molecule has 1 heterocycles. The second-order valence-corrected chi connectivity index (χ2v) is 6.47. The van der Waals surface area contributed by atoms with Gasteiger partial charge in [-0.1, -0.05) is 24.3 Å². The number of anilines is 2. The lowest BCUT2D eigenvalue weighted by Crippen LogP contribution is -2.14. The van der Waals surface area contributed by atoms with Gasteiger partial charge in [-0.3, -0.25) is 14.9 Å². The van der Waals surface area contributed by atoms with Crippen LogP contribution in [0.4, 0.5) is 10.8 Å². The third-order valence-electron chi connectivity index (χ3n) is 3.76. The Balaban J connectivity index is 1.67. The highest BCUT2D eigenvalue weighted by Crippen LogP contribution is 2.19. The predicted octanol–water partition coefficient (Wildman–Crippen LogP) is 4.26.